The maximum Gasteiger partial charge on any atom is 0.109 e. The van der Waals surface area contributed by atoms with Gasteiger partial charge in [-0.25, -0.2) is 4.98 Å². The summed E-state index contributed by atoms with van der Waals surface area (Å²) in [5.74, 6) is 0. The minimum atomic E-state index is 0.698. The number of H-pyrrole nitrogens is 1. The number of aromatic nitrogens is 3. The minimum absolute atomic E-state index is 0.698. The number of nitrogens with one attached hydrogen (secondary N) is 2. The van der Waals surface area contributed by atoms with Gasteiger partial charge in [-0.15, -0.1) is 0 Å². The molecule has 0 bridgehead atoms. The van der Waals surface area contributed by atoms with Gasteiger partial charge in [0.1, 0.15) is 4.60 Å². The van der Waals surface area contributed by atoms with Crippen LogP contribution >= 0.6 is 15.9 Å². The van der Waals surface area contributed by atoms with Crippen molar-refractivity contribution in [3.63, 3.8) is 0 Å². The number of pyridine rings is 1. The molecule has 3 aromatic rings. The number of aromatic amines is 1. The first kappa shape index (κ1) is 13.8. The average Bonchev–Trinajstić information content (AvgIpc) is 2.98. The average molecular weight is 343 g/mol. The molecule has 0 atom stereocenters. The molecule has 0 unspecified atom stereocenters. The third-order valence-electron chi connectivity index (χ3n) is 3.28. The molecule has 2 N–H and O–H groups in total. The van der Waals surface area contributed by atoms with E-state index in [1.807, 2.05) is 37.5 Å². The zero-order valence-electron chi connectivity index (χ0n) is 11.6. The van der Waals surface area contributed by atoms with E-state index in [0.29, 0.717) is 6.54 Å². The van der Waals surface area contributed by atoms with Crippen LogP contribution in [0.5, 0.6) is 0 Å². The van der Waals surface area contributed by atoms with Crippen LogP contribution in [0, 0.1) is 6.92 Å². The van der Waals surface area contributed by atoms with Crippen LogP contribution in [-0.4, -0.2) is 15.2 Å². The fourth-order valence-corrected chi connectivity index (χ4v) is 2.37. The Morgan fingerprint density at radius 3 is 2.76 bits per heavy atom. The van der Waals surface area contributed by atoms with Crippen molar-refractivity contribution >= 4 is 21.6 Å². The Morgan fingerprint density at radius 1 is 1.19 bits per heavy atom. The second-order valence-corrected chi connectivity index (χ2v) is 5.57. The highest BCUT2D eigenvalue weighted by molar-refractivity contribution is 9.10. The molecule has 0 spiro atoms. The van der Waals surface area contributed by atoms with Gasteiger partial charge < -0.3 is 5.32 Å². The van der Waals surface area contributed by atoms with Gasteiger partial charge in [0.2, 0.25) is 0 Å². The summed E-state index contributed by atoms with van der Waals surface area (Å²) in [6.45, 7) is 2.72. The number of halogens is 1. The Hall–Kier alpha value is -2.14. The van der Waals surface area contributed by atoms with Crippen LogP contribution in [0.2, 0.25) is 0 Å². The van der Waals surface area contributed by atoms with Gasteiger partial charge in [-0.2, -0.15) is 5.10 Å². The Balaban J connectivity index is 1.77. The lowest BCUT2D eigenvalue weighted by molar-refractivity contribution is 1.10. The van der Waals surface area contributed by atoms with Crippen molar-refractivity contribution in [2.75, 3.05) is 5.32 Å². The van der Waals surface area contributed by atoms with Gasteiger partial charge in [-0.1, -0.05) is 30.3 Å². The molecular weight excluding hydrogens is 328 g/mol. The fourth-order valence-electron chi connectivity index (χ4n) is 2.15. The van der Waals surface area contributed by atoms with Crippen LogP contribution in [0.15, 0.2) is 53.4 Å². The first-order chi connectivity index (χ1) is 10.2. The van der Waals surface area contributed by atoms with Crippen molar-refractivity contribution < 1.29 is 0 Å². The number of aryl methyl sites for hydroxylation is 1. The number of hydrogen-bond acceptors (Lipinski definition) is 3. The predicted octanol–water partition coefficient (Wildman–Crippen LogP) is 4.15. The topological polar surface area (TPSA) is 53.6 Å². The molecule has 1 aromatic carbocycles. The van der Waals surface area contributed by atoms with Crippen molar-refractivity contribution in [2.24, 2.45) is 0 Å². The van der Waals surface area contributed by atoms with E-state index in [1.165, 1.54) is 0 Å². The van der Waals surface area contributed by atoms with Crippen molar-refractivity contribution in [3.05, 3.63) is 64.5 Å². The Bertz CT molecular complexity index is 737. The smallest absolute Gasteiger partial charge is 0.109 e. The van der Waals surface area contributed by atoms with E-state index in [0.717, 1.165) is 32.7 Å². The van der Waals surface area contributed by atoms with E-state index in [-0.39, 0.29) is 0 Å². The molecule has 0 aliphatic rings. The lowest BCUT2D eigenvalue weighted by Crippen LogP contribution is -2.01. The maximum atomic E-state index is 4.29. The molecule has 0 aliphatic carbocycles. The van der Waals surface area contributed by atoms with E-state index < -0.39 is 0 Å². The lowest BCUT2D eigenvalue weighted by atomic mass is 10.1. The van der Waals surface area contributed by atoms with Crippen molar-refractivity contribution in [1.29, 1.82) is 0 Å². The molecule has 0 saturated heterocycles. The first-order valence-electron chi connectivity index (χ1n) is 6.68. The SMILES string of the molecule is Cc1cc(NCc2cn[nH]c2-c2ccccc2)cnc1Br. The van der Waals surface area contributed by atoms with E-state index in [4.69, 9.17) is 0 Å². The van der Waals surface area contributed by atoms with Crippen LogP contribution in [0.1, 0.15) is 11.1 Å². The van der Waals surface area contributed by atoms with Crippen molar-refractivity contribution in [2.45, 2.75) is 13.5 Å². The summed E-state index contributed by atoms with van der Waals surface area (Å²) < 4.78 is 0.876. The molecule has 0 amide bonds. The number of rotatable bonds is 4. The summed E-state index contributed by atoms with van der Waals surface area (Å²) >= 11 is 3.41. The molecule has 3 rings (SSSR count). The molecule has 4 nitrogen and oxygen atoms in total. The maximum absolute atomic E-state index is 4.29. The van der Waals surface area contributed by atoms with E-state index in [1.54, 1.807) is 0 Å². The van der Waals surface area contributed by atoms with E-state index in [2.05, 4.69) is 54.6 Å². The second kappa shape index (κ2) is 6.10. The largest absolute Gasteiger partial charge is 0.380 e. The zero-order valence-corrected chi connectivity index (χ0v) is 13.2. The summed E-state index contributed by atoms with van der Waals surface area (Å²) in [6, 6.07) is 12.3. The van der Waals surface area contributed by atoms with E-state index in [9.17, 15) is 0 Å². The molecule has 5 heteroatoms. The summed E-state index contributed by atoms with van der Waals surface area (Å²) in [5.41, 5.74) is 5.41. The Kier molecular flexibility index (Phi) is 4.01. The highest BCUT2D eigenvalue weighted by Gasteiger charge is 2.07. The van der Waals surface area contributed by atoms with Gasteiger partial charge in [0.25, 0.3) is 0 Å². The van der Waals surface area contributed by atoms with Crippen molar-refractivity contribution in [3.8, 4) is 11.3 Å². The van der Waals surface area contributed by atoms with Gasteiger partial charge in [0.05, 0.1) is 23.8 Å². The van der Waals surface area contributed by atoms with Gasteiger partial charge in [-0.05, 0) is 40.0 Å². The standard InChI is InChI=1S/C16H15BrN4/c1-11-7-14(10-19-16(11)17)18-8-13-9-20-21-15(13)12-5-3-2-4-6-12/h2-7,9-10,18H,8H2,1H3,(H,20,21). The van der Waals surface area contributed by atoms with Crippen molar-refractivity contribution in [1.82, 2.24) is 15.2 Å². The molecule has 2 aromatic heterocycles. The van der Waals surface area contributed by atoms with Crippen LogP contribution in [0.3, 0.4) is 0 Å². The number of anilines is 1. The molecule has 106 valence electrons. The normalized spacial score (nSPS) is 10.6. The molecule has 0 radical (unpaired) electrons. The molecule has 21 heavy (non-hydrogen) atoms. The van der Waals surface area contributed by atoms with Gasteiger partial charge in [0, 0.05) is 12.1 Å². The summed E-state index contributed by atoms with van der Waals surface area (Å²) in [4.78, 5) is 4.29. The van der Waals surface area contributed by atoms with Crippen LogP contribution in [0.4, 0.5) is 5.69 Å². The highest BCUT2D eigenvalue weighted by Crippen LogP contribution is 2.22. The summed E-state index contributed by atoms with van der Waals surface area (Å²) in [6.07, 6.45) is 3.67. The Morgan fingerprint density at radius 2 is 2.00 bits per heavy atom. The monoisotopic (exact) mass is 342 g/mol. The predicted molar refractivity (Wildman–Crippen MR) is 88.0 cm³/mol. The second-order valence-electron chi connectivity index (χ2n) is 4.82. The van der Waals surface area contributed by atoms with Crippen LogP contribution in [-0.2, 0) is 6.54 Å². The fraction of sp³-hybridized carbons (Fsp3) is 0.125. The highest BCUT2D eigenvalue weighted by atomic mass is 79.9. The number of hydrogen-bond donors (Lipinski definition) is 2. The van der Waals surface area contributed by atoms with Crippen LogP contribution in [0.25, 0.3) is 11.3 Å². The number of benzene rings is 1. The summed E-state index contributed by atoms with van der Waals surface area (Å²) in [5, 5.41) is 10.6. The zero-order chi connectivity index (χ0) is 14.7. The minimum Gasteiger partial charge on any atom is -0.380 e. The van der Waals surface area contributed by atoms with Gasteiger partial charge in [-0.3, -0.25) is 5.10 Å². The number of nitrogens with zero attached hydrogens (tertiary/aromatic N) is 2. The lowest BCUT2D eigenvalue weighted by Gasteiger charge is -2.08. The molecule has 0 fully saturated rings. The molecule has 2 heterocycles. The third-order valence-corrected chi connectivity index (χ3v) is 4.11. The van der Waals surface area contributed by atoms with E-state index >= 15 is 0 Å². The van der Waals surface area contributed by atoms with Gasteiger partial charge in [0.15, 0.2) is 0 Å². The van der Waals surface area contributed by atoms with Crippen LogP contribution < -0.4 is 5.32 Å². The Labute approximate surface area is 131 Å². The molecular formula is C16H15BrN4. The van der Waals surface area contributed by atoms with Gasteiger partial charge >= 0.3 is 0 Å². The quantitative estimate of drug-likeness (QED) is 0.700. The third kappa shape index (κ3) is 3.13. The molecule has 0 aliphatic heterocycles. The first-order valence-corrected chi connectivity index (χ1v) is 7.47. The molecule has 0 saturated carbocycles. The summed E-state index contributed by atoms with van der Waals surface area (Å²) in [7, 11) is 0.